The first-order valence-corrected chi connectivity index (χ1v) is 7.19. The molecule has 2 nitrogen and oxygen atoms in total. The Bertz CT molecular complexity index is 447. The van der Waals surface area contributed by atoms with E-state index in [1.54, 1.807) is 0 Å². The fourth-order valence-electron chi connectivity index (χ4n) is 2.70. The Morgan fingerprint density at radius 3 is 1.95 bits per heavy atom. The van der Waals surface area contributed by atoms with Gasteiger partial charge < -0.3 is 10.2 Å². The van der Waals surface area contributed by atoms with E-state index in [9.17, 15) is 23.4 Å². The Morgan fingerprint density at radius 2 is 1.52 bits per heavy atom. The van der Waals surface area contributed by atoms with Crippen LogP contribution in [0.2, 0.25) is 0 Å². The molecule has 0 unspecified atom stereocenters. The summed E-state index contributed by atoms with van der Waals surface area (Å²) in [5.41, 5.74) is -0.929. The molecule has 2 N–H and O–H groups in total. The summed E-state index contributed by atoms with van der Waals surface area (Å²) >= 11 is 0. The number of hydrogen-bond donors (Lipinski definition) is 2. The van der Waals surface area contributed by atoms with E-state index in [2.05, 4.69) is 0 Å². The molecule has 0 fully saturated rings. The first-order valence-electron chi connectivity index (χ1n) is 7.19. The molecular formula is C16H23F3O2. The molecule has 0 aliphatic carbocycles. The molecular weight excluding hydrogens is 281 g/mol. The molecule has 0 saturated carbocycles. The van der Waals surface area contributed by atoms with Crippen molar-refractivity contribution in [2.75, 3.05) is 0 Å². The maximum absolute atomic E-state index is 13.4. The average molecular weight is 304 g/mol. The van der Waals surface area contributed by atoms with E-state index < -0.39 is 17.5 Å². The molecule has 0 saturated heterocycles. The number of halogens is 3. The summed E-state index contributed by atoms with van der Waals surface area (Å²) in [5, 5.41) is 19.0. The van der Waals surface area contributed by atoms with Crippen molar-refractivity contribution in [3.8, 4) is 11.5 Å². The summed E-state index contributed by atoms with van der Waals surface area (Å²) in [6.45, 7) is 4.96. The molecule has 0 bridgehead atoms. The normalized spacial score (nSPS) is 14.2. The molecule has 0 amide bonds. The molecule has 120 valence electrons. The van der Waals surface area contributed by atoms with Gasteiger partial charge in [0.1, 0.15) is 11.5 Å². The van der Waals surface area contributed by atoms with Crippen LogP contribution in [-0.2, 0) is 5.41 Å². The van der Waals surface area contributed by atoms with Gasteiger partial charge >= 0.3 is 6.18 Å². The zero-order valence-corrected chi connectivity index (χ0v) is 12.7. The number of phenolic OH excluding ortho intramolecular Hbond substituents is 2. The van der Waals surface area contributed by atoms with E-state index in [1.165, 1.54) is 26.0 Å². The molecule has 0 aliphatic heterocycles. The SMILES string of the molecule is CCCCC[C@H](C(F)(F)F)C(C)(C)c1cc(O)cc(O)c1. The molecule has 0 heterocycles. The molecule has 5 heteroatoms. The molecule has 1 aromatic rings. The second-order valence-electron chi connectivity index (χ2n) is 6.05. The highest BCUT2D eigenvalue weighted by molar-refractivity contribution is 5.40. The van der Waals surface area contributed by atoms with E-state index >= 15 is 0 Å². The van der Waals surface area contributed by atoms with E-state index in [1.807, 2.05) is 6.92 Å². The Labute approximate surface area is 123 Å². The van der Waals surface area contributed by atoms with Gasteiger partial charge in [-0.1, -0.05) is 40.0 Å². The number of aromatic hydroxyl groups is 2. The van der Waals surface area contributed by atoms with Gasteiger partial charge in [-0.25, -0.2) is 0 Å². The lowest BCUT2D eigenvalue weighted by atomic mass is 9.71. The minimum atomic E-state index is -4.32. The summed E-state index contributed by atoms with van der Waals surface area (Å²) in [7, 11) is 0. The number of hydrogen-bond acceptors (Lipinski definition) is 2. The van der Waals surface area contributed by atoms with Crippen LogP contribution in [0.15, 0.2) is 18.2 Å². The minimum Gasteiger partial charge on any atom is -0.508 e. The van der Waals surface area contributed by atoms with Crippen LogP contribution < -0.4 is 0 Å². The van der Waals surface area contributed by atoms with Crippen LogP contribution in [0.1, 0.15) is 52.0 Å². The van der Waals surface area contributed by atoms with Crippen molar-refractivity contribution in [1.82, 2.24) is 0 Å². The predicted octanol–water partition coefficient (Wildman–Crippen LogP) is 5.13. The third-order valence-corrected chi connectivity index (χ3v) is 4.01. The fourth-order valence-corrected chi connectivity index (χ4v) is 2.70. The summed E-state index contributed by atoms with van der Waals surface area (Å²) in [6, 6.07) is 3.69. The number of rotatable bonds is 6. The molecule has 1 atom stereocenters. The molecule has 1 rings (SSSR count). The van der Waals surface area contributed by atoms with E-state index in [0.717, 1.165) is 18.9 Å². The van der Waals surface area contributed by atoms with Crippen LogP contribution in [0, 0.1) is 5.92 Å². The van der Waals surface area contributed by atoms with Crippen LogP contribution in [0.3, 0.4) is 0 Å². The second kappa shape index (κ2) is 6.58. The third kappa shape index (κ3) is 4.55. The standard InChI is InChI=1S/C16H23F3O2/c1-4-5-6-7-14(16(17,18)19)15(2,3)11-8-12(20)10-13(21)9-11/h8-10,14,20-21H,4-7H2,1-3H3/t14-/m0/s1. The summed E-state index contributed by atoms with van der Waals surface area (Å²) < 4.78 is 40.2. The van der Waals surface area contributed by atoms with Crippen LogP contribution in [0.5, 0.6) is 11.5 Å². The lowest BCUT2D eigenvalue weighted by molar-refractivity contribution is -0.193. The number of benzene rings is 1. The highest BCUT2D eigenvalue weighted by Crippen LogP contribution is 2.46. The first-order chi connectivity index (χ1) is 9.59. The van der Waals surface area contributed by atoms with E-state index in [4.69, 9.17) is 0 Å². The van der Waals surface area contributed by atoms with Gasteiger partial charge in [0.25, 0.3) is 0 Å². The maximum Gasteiger partial charge on any atom is 0.392 e. The predicted molar refractivity (Wildman–Crippen MR) is 76.5 cm³/mol. The topological polar surface area (TPSA) is 40.5 Å². The molecule has 0 radical (unpaired) electrons. The van der Waals surface area contributed by atoms with Crippen molar-refractivity contribution < 1.29 is 23.4 Å². The Kier molecular flexibility index (Phi) is 5.54. The molecule has 0 spiro atoms. The van der Waals surface area contributed by atoms with Gasteiger partial charge in [-0.15, -0.1) is 0 Å². The Hall–Kier alpha value is -1.39. The molecule has 0 aromatic heterocycles. The van der Waals surface area contributed by atoms with E-state index in [-0.39, 0.29) is 17.9 Å². The van der Waals surface area contributed by atoms with Crippen LogP contribution in [0.4, 0.5) is 13.2 Å². The fraction of sp³-hybridized carbons (Fsp3) is 0.625. The van der Waals surface area contributed by atoms with Gasteiger partial charge in [0.05, 0.1) is 5.92 Å². The second-order valence-corrected chi connectivity index (χ2v) is 6.05. The highest BCUT2D eigenvalue weighted by Gasteiger charge is 2.49. The quantitative estimate of drug-likeness (QED) is 0.715. The molecule has 1 aromatic carbocycles. The van der Waals surface area contributed by atoms with Crippen LogP contribution >= 0.6 is 0 Å². The molecule has 0 aliphatic rings. The van der Waals surface area contributed by atoms with Gasteiger partial charge in [0.2, 0.25) is 0 Å². The maximum atomic E-state index is 13.4. The van der Waals surface area contributed by atoms with Gasteiger partial charge in [0, 0.05) is 11.5 Å². The zero-order valence-electron chi connectivity index (χ0n) is 12.7. The van der Waals surface area contributed by atoms with Gasteiger partial charge in [0.15, 0.2) is 0 Å². The number of alkyl halides is 3. The van der Waals surface area contributed by atoms with Crippen molar-refractivity contribution >= 4 is 0 Å². The Balaban J connectivity index is 3.13. The monoisotopic (exact) mass is 304 g/mol. The summed E-state index contributed by atoms with van der Waals surface area (Å²) in [6.07, 6.45) is -2.15. The molecule has 21 heavy (non-hydrogen) atoms. The van der Waals surface area contributed by atoms with Crippen molar-refractivity contribution in [1.29, 1.82) is 0 Å². The zero-order chi connectivity index (χ0) is 16.3. The Morgan fingerprint density at radius 1 is 1.00 bits per heavy atom. The summed E-state index contributed by atoms with van der Waals surface area (Å²) in [4.78, 5) is 0. The lowest BCUT2D eigenvalue weighted by Crippen LogP contribution is -2.39. The van der Waals surface area contributed by atoms with Crippen molar-refractivity contribution in [2.45, 2.75) is 58.0 Å². The number of unbranched alkanes of at least 4 members (excludes halogenated alkanes) is 2. The number of phenols is 2. The van der Waals surface area contributed by atoms with Gasteiger partial charge in [-0.05, 0) is 24.1 Å². The highest BCUT2D eigenvalue weighted by atomic mass is 19.4. The van der Waals surface area contributed by atoms with Crippen LogP contribution in [0.25, 0.3) is 0 Å². The largest absolute Gasteiger partial charge is 0.508 e. The first kappa shape index (κ1) is 17.7. The van der Waals surface area contributed by atoms with E-state index in [0.29, 0.717) is 12.0 Å². The van der Waals surface area contributed by atoms with Crippen molar-refractivity contribution in [2.24, 2.45) is 5.92 Å². The third-order valence-electron chi connectivity index (χ3n) is 4.01. The summed E-state index contributed by atoms with van der Waals surface area (Å²) in [5.74, 6) is -1.97. The van der Waals surface area contributed by atoms with Gasteiger partial charge in [-0.3, -0.25) is 0 Å². The lowest BCUT2D eigenvalue weighted by Gasteiger charge is -2.36. The minimum absolute atomic E-state index is 0.0424. The van der Waals surface area contributed by atoms with Crippen LogP contribution in [-0.4, -0.2) is 16.4 Å². The smallest absolute Gasteiger partial charge is 0.392 e. The average Bonchev–Trinajstić information content (AvgIpc) is 2.31. The van der Waals surface area contributed by atoms with Crippen molar-refractivity contribution in [3.63, 3.8) is 0 Å². The van der Waals surface area contributed by atoms with Crippen molar-refractivity contribution in [3.05, 3.63) is 23.8 Å². The van der Waals surface area contributed by atoms with Gasteiger partial charge in [-0.2, -0.15) is 13.2 Å².